The van der Waals surface area contributed by atoms with E-state index < -0.39 is 0 Å². The Kier molecular flexibility index (Phi) is 1.57. The van der Waals surface area contributed by atoms with E-state index in [1.807, 2.05) is 18.2 Å². The first kappa shape index (κ1) is 8.98. The summed E-state index contributed by atoms with van der Waals surface area (Å²) >= 11 is 0. The molecule has 0 bridgehead atoms. The number of Topliss-reactive ketones (excluding diaryl/α,β-unsaturated/α-hetero) is 1. The van der Waals surface area contributed by atoms with E-state index in [1.165, 1.54) is 5.70 Å². The number of benzene rings is 1. The molecule has 0 saturated heterocycles. The fraction of sp³-hybridized carbons (Fsp3) is 0.231. The van der Waals surface area contributed by atoms with Crippen LogP contribution >= 0.6 is 0 Å². The Morgan fingerprint density at radius 1 is 1.29 bits per heavy atom. The fourth-order valence-electron chi connectivity index (χ4n) is 2.67. The molecule has 2 aliphatic heterocycles. The Morgan fingerprint density at radius 3 is 3.18 bits per heavy atom. The number of fused-ring (bicyclic) bond motifs is 2. The van der Waals surface area contributed by atoms with Crippen molar-refractivity contribution in [2.24, 2.45) is 4.99 Å². The van der Waals surface area contributed by atoms with Crippen LogP contribution in [0, 0.1) is 0 Å². The van der Waals surface area contributed by atoms with Gasteiger partial charge in [-0.25, -0.2) is 4.99 Å². The van der Waals surface area contributed by atoms with E-state index >= 15 is 0 Å². The van der Waals surface area contributed by atoms with Gasteiger partial charge in [-0.1, -0.05) is 12.1 Å². The lowest BCUT2D eigenvalue weighted by Crippen LogP contribution is -2.43. The first-order chi connectivity index (χ1) is 8.34. The van der Waals surface area contributed by atoms with Gasteiger partial charge in [-0.15, -0.1) is 0 Å². The highest BCUT2D eigenvalue weighted by atomic mass is 16.5. The monoisotopic (exact) mass is 226 g/mol. The maximum Gasteiger partial charge on any atom is 0.171 e. The molecule has 3 aliphatic rings. The normalized spacial score (nSPS) is 20.2. The molecule has 0 unspecified atom stereocenters. The Labute approximate surface area is 97.5 Å². The predicted molar refractivity (Wildman–Crippen MR) is 60.1 cm³/mol. The van der Waals surface area contributed by atoms with E-state index in [2.05, 4.69) is 9.89 Å². The largest absolute Gasteiger partial charge is 0.476 e. The first-order valence-electron chi connectivity index (χ1n) is 5.68. The second-order valence-electron chi connectivity index (χ2n) is 4.38. The van der Waals surface area contributed by atoms with Crippen molar-refractivity contribution >= 4 is 11.5 Å². The lowest BCUT2D eigenvalue weighted by molar-refractivity contribution is 0.0976. The third kappa shape index (κ3) is 1.07. The standard InChI is InChI=1S/C13H10N2O2/c16-11-5-4-10-13-8(11)2-1-3-9(13)14-12-6-17-7-15(10)12/h1-3,6H,4-5,7H2. The molecule has 1 aromatic carbocycles. The topological polar surface area (TPSA) is 41.9 Å². The van der Waals surface area contributed by atoms with Gasteiger partial charge in [0.2, 0.25) is 0 Å². The maximum atomic E-state index is 11.9. The van der Waals surface area contributed by atoms with Crippen molar-refractivity contribution in [1.82, 2.24) is 4.90 Å². The molecule has 2 heterocycles. The van der Waals surface area contributed by atoms with Crippen LogP contribution in [0.3, 0.4) is 0 Å². The molecular formula is C13H10N2O2. The first-order valence-corrected chi connectivity index (χ1v) is 5.68. The van der Waals surface area contributed by atoms with Crippen molar-refractivity contribution in [3.63, 3.8) is 0 Å². The minimum absolute atomic E-state index is 0.216. The third-order valence-corrected chi connectivity index (χ3v) is 3.45. The summed E-state index contributed by atoms with van der Waals surface area (Å²) in [6.45, 7) is 0.510. The van der Waals surface area contributed by atoms with Crippen LogP contribution in [0.2, 0.25) is 0 Å². The Morgan fingerprint density at radius 2 is 2.24 bits per heavy atom. The summed E-state index contributed by atoms with van der Waals surface area (Å²) in [6.07, 6.45) is 3.04. The van der Waals surface area contributed by atoms with E-state index in [1.54, 1.807) is 6.26 Å². The molecule has 4 nitrogen and oxygen atoms in total. The van der Waals surface area contributed by atoms with Crippen LogP contribution < -0.4 is 10.6 Å². The van der Waals surface area contributed by atoms with Crippen molar-refractivity contribution in [1.29, 1.82) is 0 Å². The second-order valence-corrected chi connectivity index (χ2v) is 4.38. The van der Waals surface area contributed by atoms with Gasteiger partial charge in [-0.05, 0) is 12.5 Å². The highest BCUT2D eigenvalue weighted by Gasteiger charge is 2.29. The molecule has 0 aromatic heterocycles. The van der Waals surface area contributed by atoms with Gasteiger partial charge in [0.25, 0.3) is 0 Å². The van der Waals surface area contributed by atoms with Gasteiger partial charge in [0.15, 0.2) is 18.3 Å². The van der Waals surface area contributed by atoms with E-state index in [-0.39, 0.29) is 5.78 Å². The molecule has 0 amide bonds. The zero-order valence-electron chi connectivity index (χ0n) is 9.14. The minimum atomic E-state index is 0.216. The summed E-state index contributed by atoms with van der Waals surface area (Å²) in [7, 11) is 0. The summed E-state index contributed by atoms with van der Waals surface area (Å²) in [5.41, 5.74) is 1.98. The van der Waals surface area contributed by atoms with E-state index in [4.69, 9.17) is 4.74 Å². The number of carbonyl (C=O) groups excluding carboxylic acids is 1. The van der Waals surface area contributed by atoms with Crippen LogP contribution in [-0.2, 0) is 4.74 Å². The lowest BCUT2D eigenvalue weighted by Gasteiger charge is -2.27. The Balaban J connectivity index is 2.18. The molecular weight excluding hydrogens is 216 g/mol. The number of ether oxygens (including phenoxy) is 1. The van der Waals surface area contributed by atoms with Crippen LogP contribution in [-0.4, -0.2) is 17.4 Å². The van der Waals surface area contributed by atoms with Crippen LogP contribution in [0.4, 0.5) is 0 Å². The fourth-order valence-corrected chi connectivity index (χ4v) is 2.67. The molecule has 0 N–H and O–H groups in total. The van der Waals surface area contributed by atoms with E-state index in [0.717, 1.165) is 28.4 Å². The minimum Gasteiger partial charge on any atom is -0.476 e. The molecule has 4 heteroatoms. The average Bonchev–Trinajstić information content (AvgIpc) is 2.81. The molecule has 0 fully saturated rings. The number of hydrogen-bond donors (Lipinski definition) is 0. The van der Waals surface area contributed by atoms with Gasteiger partial charge in [0.1, 0.15) is 6.26 Å². The number of nitrogens with zero attached hydrogens (tertiary/aromatic N) is 2. The zero-order valence-corrected chi connectivity index (χ0v) is 9.14. The molecule has 17 heavy (non-hydrogen) atoms. The van der Waals surface area contributed by atoms with Crippen LogP contribution in [0.15, 0.2) is 35.3 Å². The second kappa shape index (κ2) is 2.97. The van der Waals surface area contributed by atoms with Gasteiger partial charge in [0, 0.05) is 22.9 Å². The van der Waals surface area contributed by atoms with E-state index in [9.17, 15) is 4.79 Å². The lowest BCUT2D eigenvalue weighted by atomic mass is 9.94. The number of ketones is 1. The van der Waals surface area contributed by atoms with Crippen molar-refractivity contribution in [3.05, 3.63) is 46.4 Å². The van der Waals surface area contributed by atoms with Crippen molar-refractivity contribution in [2.75, 3.05) is 6.73 Å². The van der Waals surface area contributed by atoms with Gasteiger partial charge in [-0.2, -0.15) is 0 Å². The SMILES string of the molecule is O=C1CCC2=c3c1cccc3=NC1=COCN12. The summed E-state index contributed by atoms with van der Waals surface area (Å²) in [4.78, 5) is 18.5. The smallest absolute Gasteiger partial charge is 0.171 e. The van der Waals surface area contributed by atoms with Crippen LogP contribution in [0.5, 0.6) is 0 Å². The quantitative estimate of drug-likeness (QED) is 0.646. The van der Waals surface area contributed by atoms with Crippen LogP contribution in [0.1, 0.15) is 23.2 Å². The third-order valence-electron chi connectivity index (χ3n) is 3.45. The molecule has 0 spiro atoms. The molecule has 1 aliphatic carbocycles. The number of carbonyl (C=O) groups is 1. The summed E-state index contributed by atoms with van der Waals surface area (Å²) in [5, 5.41) is 1.89. The summed E-state index contributed by atoms with van der Waals surface area (Å²) in [6, 6.07) is 5.74. The predicted octanol–water partition coefficient (Wildman–Crippen LogP) is 0.493. The van der Waals surface area contributed by atoms with Crippen molar-refractivity contribution in [3.8, 4) is 0 Å². The van der Waals surface area contributed by atoms with Crippen molar-refractivity contribution < 1.29 is 9.53 Å². The van der Waals surface area contributed by atoms with Crippen molar-refractivity contribution in [2.45, 2.75) is 12.8 Å². The molecule has 0 radical (unpaired) electrons. The molecule has 4 rings (SSSR count). The van der Waals surface area contributed by atoms with Gasteiger partial charge >= 0.3 is 0 Å². The van der Waals surface area contributed by atoms with Crippen LogP contribution in [0.25, 0.3) is 5.70 Å². The molecule has 1 aromatic rings. The number of rotatable bonds is 0. The Bertz CT molecular complexity index is 688. The highest BCUT2D eigenvalue weighted by Crippen LogP contribution is 2.27. The highest BCUT2D eigenvalue weighted by molar-refractivity contribution is 5.98. The Hall–Kier alpha value is -2.10. The van der Waals surface area contributed by atoms with Gasteiger partial charge in [-0.3, -0.25) is 9.69 Å². The zero-order chi connectivity index (χ0) is 11.4. The average molecular weight is 226 g/mol. The maximum absolute atomic E-state index is 11.9. The van der Waals surface area contributed by atoms with E-state index in [0.29, 0.717) is 13.2 Å². The number of hydrogen-bond acceptors (Lipinski definition) is 4. The summed E-state index contributed by atoms with van der Waals surface area (Å²) < 4.78 is 5.31. The summed E-state index contributed by atoms with van der Waals surface area (Å²) in [5.74, 6) is 1.06. The van der Waals surface area contributed by atoms with Gasteiger partial charge < -0.3 is 4.74 Å². The molecule has 0 atom stereocenters. The molecule has 84 valence electrons. The van der Waals surface area contributed by atoms with Gasteiger partial charge in [0.05, 0.1) is 5.36 Å². The molecule has 0 saturated carbocycles.